The second-order valence-corrected chi connectivity index (χ2v) is 12.0. The van der Waals surface area contributed by atoms with Gasteiger partial charge >= 0.3 is 5.97 Å². The first-order valence-electron chi connectivity index (χ1n) is 11.1. The SMILES string of the molecule is CC(C)[C@H](NS(=O)(=O)c1ccc(-c2ccc(NC(=O)C3=NC4C=C(Cl)C=CC4S3)cc2)cc1)C(=O)O. The van der Waals surface area contributed by atoms with Crippen LogP contribution in [0.15, 0.2) is 81.7 Å². The molecule has 2 unspecified atom stereocenters. The molecule has 3 N–H and O–H groups in total. The largest absolute Gasteiger partial charge is 0.480 e. The van der Waals surface area contributed by atoms with Crippen LogP contribution in [0.4, 0.5) is 5.69 Å². The molecule has 0 radical (unpaired) electrons. The van der Waals surface area contributed by atoms with Gasteiger partial charge in [0.15, 0.2) is 5.04 Å². The number of benzene rings is 2. The number of nitrogens with one attached hydrogen (secondary N) is 2. The van der Waals surface area contributed by atoms with E-state index in [1.165, 1.54) is 23.9 Å². The van der Waals surface area contributed by atoms with Gasteiger partial charge in [-0.05, 0) is 53.5 Å². The molecule has 0 spiro atoms. The molecule has 188 valence electrons. The lowest BCUT2D eigenvalue weighted by Gasteiger charge is -2.18. The van der Waals surface area contributed by atoms with Gasteiger partial charge in [0.05, 0.1) is 16.2 Å². The van der Waals surface area contributed by atoms with Crippen molar-refractivity contribution in [3.63, 3.8) is 0 Å². The zero-order valence-electron chi connectivity index (χ0n) is 19.4. The van der Waals surface area contributed by atoms with Crippen LogP contribution in [0.2, 0.25) is 0 Å². The Morgan fingerprint density at radius 3 is 2.25 bits per heavy atom. The maximum atomic E-state index is 12.6. The number of hydrogen-bond donors (Lipinski definition) is 3. The lowest BCUT2D eigenvalue weighted by atomic mass is 10.1. The summed E-state index contributed by atoms with van der Waals surface area (Å²) in [7, 11) is -3.99. The molecule has 0 bridgehead atoms. The number of sulfonamides is 1. The summed E-state index contributed by atoms with van der Waals surface area (Å²) in [6.45, 7) is 3.27. The maximum Gasteiger partial charge on any atom is 0.322 e. The summed E-state index contributed by atoms with van der Waals surface area (Å²) in [5, 5.41) is 13.2. The van der Waals surface area contributed by atoms with E-state index in [-0.39, 0.29) is 22.1 Å². The molecule has 1 heterocycles. The van der Waals surface area contributed by atoms with Crippen LogP contribution in [0, 0.1) is 5.92 Å². The molecule has 36 heavy (non-hydrogen) atoms. The Balaban J connectivity index is 1.41. The summed E-state index contributed by atoms with van der Waals surface area (Å²) in [5.74, 6) is -1.93. The van der Waals surface area contributed by atoms with Crippen LogP contribution in [0.5, 0.6) is 0 Å². The fourth-order valence-electron chi connectivity index (χ4n) is 3.70. The number of carbonyl (C=O) groups is 2. The molecular weight excluding hydrogens is 522 g/mol. The van der Waals surface area contributed by atoms with Gasteiger partial charge in [0.1, 0.15) is 6.04 Å². The van der Waals surface area contributed by atoms with Crippen molar-refractivity contribution in [2.45, 2.75) is 36.1 Å². The fraction of sp³-hybridized carbons (Fsp3) is 0.240. The number of carboxylic acids is 1. The summed E-state index contributed by atoms with van der Waals surface area (Å²) >= 11 is 7.41. The molecule has 2 aromatic carbocycles. The molecule has 1 aliphatic heterocycles. The van der Waals surface area contributed by atoms with E-state index >= 15 is 0 Å². The van der Waals surface area contributed by atoms with Crippen LogP contribution in [-0.4, -0.2) is 47.8 Å². The van der Waals surface area contributed by atoms with Crippen LogP contribution in [-0.2, 0) is 19.6 Å². The van der Waals surface area contributed by atoms with Crippen molar-refractivity contribution in [2.24, 2.45) is 10.9 Å². The van der Waals surface area contributed by atoms with E-state index in [4.69, 9.17) is 11.6 Å². The summed E-state index contributed by atoms with van der Waals surface area (Å²) in [4.78, 5) is 28.4. The molecule has 3 atom stereocenters. The smallest absolute Gasteiger partial charge is 0.322 e. The second-order valence-electron chi connectivity index (χ2n) is 8.66. The third-order valence-electron chi connectivity index (χ3n) is 5.68. The molecular formula is C25H24ClN3O5S2. The number of amides is 1. The standard InChI is InChI=1S/C25H24ClN3O5S2/c1-14(2)22(25(31)32)29-36(33,34)19-10-5-16(6-11-19)15-3-8-18(9-4-15)27-23(30)24-28-20-13-17(26)7-12-21(20)35-24/h3-14,20-22,29H,1-2H3,(H,27,30)(H,31,32)/t20?,21?,22-/m0/s1. The van der Waals surface area contributed by atoms with Crippen molar-refractivity contribution in [3.8, 4) is 11.1 Å². The van der Waals surface area contributed by atoms with Gasteiger partial charge in [0.2, 0.25) is 10.0 Å². The first kappa shape index (κ1) is 26.2. The number of carbonyl (C=O) groups excluding carboxylic acids is 1. The minimum absolute atomic E-state index is 0.0246. The van der Waals surface area contributed by atoms with Crippen LogP contribution in [0.3, 0.4) is 0 Å². The number of fused-ring (bicyclic) bond motifs is 1. The highest BCUT2D eigenvalue weighted by molar-refractivity contribution is 8.16. The van der Waals surface area contributed by atoms with Gasteiger partial charge in [-0.15, -0.1) is 0 Å². The molecule has 4 rings (SSSR count). The highest BCUT2D eigenvalue weighted by Gasteiger charge is 2.32. The number of allylic oxidation sites excluding steroid dienone is 2. The van der Waals surface area contributed by atoms with E-state index in [0.717, 1.165) is 11.1 Å². The van der Waals surface area contributed by atoms with Gasteiger partial charge in [-0.1, -0.05) is 67.6 Å². The van der Waals surface area contributed by atoms with Crippen molar-refractivity contribution in [2.75, 3.05) is 5.32 Å². The molecule has 11 heteroatoms. The number of nitrogens with zero attached hydrogens (tertiary/aromatic N) is 1. The lowest BCUT2D eigenvalue weighted by molar-refractivity contribution is -0.140. The van der Waals surface area contributed by atoms with E-state index in [9.17, 15) is 23.1 Å². The molecule has 2 aromatic rings. The van der Waals surface area contributed by atoms with Crippen LogP contribution in [0.1, 0.15) is 13.8 Å². The molecule has 1 amide bonds. The molecule has 2 aliphatic rings. The highest BCUT2D eigenvalue weighted by atomic mass is 35.5. The molecule has 0 aromatic heterocycles. The Kier molecular flexibility index (Phi) is 7.70. The van der Waals surface area contributed by atoms with E-state index in [0.29, 0.717) is 15.8 Å². The zero-order chi connectivity index (χ0) is 26.0. The summed E-state index contributed by atoms with van der Waals surface area (Å²) < 4.78 is 27.5. The van der Waals surface area contributed by atoms with Gasteiger partial charge < -0.3 is 10.4 Å². The zero-order valence-corrected chi connectivity index (χ0v) is 21.8. The van der Waals surface area contributed by atoms with Gasteiger partial charge in [0.25, 0.3) is 5.91 Å². The fourth-order valence-corrected chi connectivity index (χ4v) is 6.28. The Morgan fingerprint density at radius 1 is 1.06 bits per heavy atom. The Labute approximate surface area is 218 Å². The van der Waals surface area contributed by atoms with E-state index < -0.39 is 28.0 Å². The molecule has 0 fully saturated rings. The molecule has 0 saturated carbocycles. The topological polar surface area (TPSA) is 125 Å². The quantitative estimate of drug-likeness (QED) is 0.455. The van der Waals surface area contributed by atoms with Crippen molar-refractivity contribution < 1.29 is 23.1 Å². The number of hydrogen-bond acceptors (Lipinski definition) is 6. The number of carboxylic acid groups (broad SMARTS) is 1. The predicted octanol–water partition coefficient (Wildman–Crippen LogP) is 4.25. The van der Waals surface area contributed by atoms with Crippen LogP contribution >= 0.6 is 23.4 Å². The van der Waals surface area contributed by atoms with Gasteiger partial charge in [-0.2, -0.15) is 4.72 Å². The number of rotatable bonds is 8. The number of aliphatic carboxylic acids is 1. The molecule has 0 saturated heterocycles. The van der Waals surface area contributed by atoms with Crippen LogP contribution < -0.4 is 10.0 Å². The number of anilines is 1. The van der Waals surface area contributed by atoms with Gasteiger partial charge in [0, 0.05) is 10.7 Å². The van der Waals surface area contributed by atoms with Gasteiger partial charge in [-0.25, -0.2) is 8.42 Å². The lowest BCUT2D eigenvalue weighted by Crippen LogP contribution is -2.44. The average Bonchev–Trinajstić information content (AvgIpc) is 3.26. The monoisotopic (exact) mass is 545 g/mol. The minimum Gasteiger partial charge on any atom is -0.480 e. The van der Waals surface area contributed by atoms with Crippen molar-refractivity contribution in [3.05, 3.63) is 71.8 Å². The maximum absolute atomic E-state index is 12.6. The third-order valence-corrected chi connectivity index (χ3v) is 8.61. The Hall–Kier alpha value is -2.92. The Bertz CT molecular complexity index is 1370. The first-order chi connectivity index (χ1) is 17.0. The molecule has 8 nitrogen and oxygen atoms in total. The minimum atomic E-state index is -3.99. The summed E-state index contributed by atoms with van der Waals surface area (Å²) in [6, 6.07) is 11.9. The second kappa shape index (κ2) is 10.6. The van der Waals surface area contributed by atoms with Crippen molar-refractivity contribution in [1.29, 1.82) is 0 Å². The number of thioether (sulfide) groups is 1. The highest BCUT2D eigenvalue weighted by Crippen LogP contribution is 2.34. The summed E-state index contributed by atoms with van der Waals surface area (Å²) in [6.07, 6.45) is 5.58. The van der Waals surface area contributed by atoms with Crippen molar-refractivity contribution in [1.82, 2.24) is 4.72 Å². The normalized spacial score (nSPS) is 19.9. The Morgan fingerprint density at radius 2 is 1.67 bits per heavy atom. The number of halogens is 1. The van der Waals surface area contributed by atoms with E-state index in [1.54, 1.807) is 38.1 Å². The molecule has 1 aliphatic carbocycles. The summed E-state index contributed by atoms with van der Waals surface area (Å²) in [5.41, 5.74) is 2.18. The average molecular weight is 546 g/mol. The van der Waals surface area contributed by atoms with Crippen LogP contribution in [0.25, 0.3) is 11.1 Å². The number of aliphatic imine (C=N–C) groups is 1. The van der Waals surface area contributed by atoms with Crippen molar-refractivity contribution >= 4 is 56.0 Å². The first-order valence-corrected chi connectivity index (χ1v) is 13.8. The predicted molar refractivity (Wildman–Crippen MR) is 143 cm³/mol. The van der Waals surface area contributed by atoms with Gasteiger partial charge in [-0.3, -0.25) is 14.6 Å². The van der Waals surface area contributed by atoms with E-state index in [2.05, 4.69) is 15.0 Å². The third kappa shape index (κ3) is 5.89. The van der Waals surface area contributed by atoms with E-state index in [1.807, 2.05) is 30.4 Å².